The van der Waals surface area contributed by atoms with Crippen molar-refractivity contribution in [2.24, 2.45) is 5.73 Å². The highest BCUT2D eigenvalue weighted by molar-refractivity contribution is 5.33. The highest BCUT2D eigenvalue weighted by Gasteiger charge is 2.21. The molecule has 0 saturated heterocycles. The maximum Gasteiger partial charge on any atom is 0.129 e. The van der Waals surface area contributed by atoms with Crippen LogP contribution in [0.3, 0.4) is 0 Å². The number of hydrogen-bond acceptors (Lipinski definition) is 4. The number of aromatic nitrogens is 2. The summed E-state index contributed by atoms with van der Waals surface area (Å²) in [6.45, 7) is 0. The predicted molar refractivity (Wildman–Crippen MR) is 55.9 cm³/mol. The first-order valence-electron chi connectivity index (χ1n) is 5.14. The summed E-state index contributed by atoms with van der Waals surface area (Å²) in [6.07, 6.45) is 8.06. The van der Waals surface area contributed by atoms with Gasteiger partial charge in [-0.1, -0.05) is 12.8 Å². The van der Waals surface area contributed by atoms with Gasteiger partial charge in [-0.3, -0.25) is 0 Å². The maximum absolute atomic E-state index is 6.02. The molecule has 2 atom stereocenters. The lowest BCUT2D eigenvalue weighted by molar-refractivity contribution is 0.403. The summed E-state index contributed by atoms with van der Waals surface area (Å²) in [5, 5.41) is 3.35. The quantitative estimate of drug-likeness (QED) is 0.738. The fourth-order valence-electron chi connectivity index (χ4n) is 1.90. The van der Waals surface area contributed by atoms with Crippen LogP contribution in [0.2, 0.25) is 0 Å². The highest BCUT2D eigenvalue weighted by atomic mass is 15.0. The number of nitrogens with zero attached hydrogens (tertiary/aromatic N) is 2. The van der Waals surface area contributed by atoms with Crippen molar-refractivity contribution in [1.82, 2.24) is 9.97 Å². The van der Waals surface area contributed by atoms with E-state index in [4.69, 9.17) is 5.73 Å². The standard InChI is InChI=1S/C10H16N4/c11-8-3-1-2-4-9(8)14-10-5-6-12-7-13-10/h5-9H,1-4,11H2,(H,12,13,14)/t8-,9-/m1/s1. The van der Waals surface area contributed by atoms with Gasteiger partial charge >= 0.3 is 0 Å². The maximum atomic E-state index is 6.02. The van der Waals surface area contributed by atoms with Gasteiger partial charge in [-0.2, -0.15) is 0 Å². The summed E-state index contributed by atoms with van der Waals surface area (Å²) in [4.78, 5) is 8.00. The van der Waals surface area contributed by atoms with E-state index in [1.54, 1.807) is 12.5 Å². The van der Waals surface area contributed by atoms with Crippen LogP contribution in [0.5, 0.6) is 0 Å². The van der Waals surface area contributed by atoms with Gasteiger partial charge in [-0.05, 0) is 18.9 Å². The molecule has 2 rings (SSSR count). The summed E-state index contributed by atoms with van der Waals surface area (Å²) in [7, 11) is 0. The third-order valence-corrected chi connectivity index (χ3v) is 2.73. The topological polar surface area (TPSA) is 63.8 Å². The number of nitrogens with one attached hydrogen (secondary N) is 1. The summed E-state index contributed by atoms with van der Waals surface area (Å²) in [5.41, 5.74) is 6.02. The first-order chi connectivity index (χ1) is 6.86. The molecule has 76 valence electrons. The van der Waals surface area contributed by atoms with E-state index in [-0.39, 0.29) is 6.04 Å². The number of anilines is 1. The Bertz CT molecular complexity index is 275. The van der Waals surface area contributed by atoms with Crippen LogP contribution < -0.4 is 11.1 Å². The minimum atomic E-state index is 0.263. The Kier molecular flexibility index (Phi) is 2.93. The van der Waals surface area contributed by atoms with Crippen LogP contribution in [0.25, 0.3) is 0 Å². The monoisotopic (exact) mass is 192 g/mol. The van der Waals surface area contributed by atoms with Gasteiger partial charge in [-0.15, -0.1) is 0 Å². The lowest BCUT2D eigenvalue weighted by atomic mass is 9.91. The van der Waals surface area contributed by atoms with Crippen LogP contribution in [0.15, 0.2) is 18.6 Å². The molecule has 1 saturated carbocycles. The molecule has 1 aromatic heterocycles. The normalized spacial score (nSPS) is 27.2. The zero-order valence-corrected chi connectivity index (χ0v) is 8.19. The van der Waals surface area contributed by atoms with Gasteiger partial charge in [0.25, 0.3) is 0 Å². The van der Waals surface area contributed by atoms with Crippen LogP contribution in [0, 0.1) is 0 Å². The molecule has 1 fully saturated rings. The van der Waals surface area contributed by atoms with Gasteiger partial charge in [0.2, 0.25) is 0 Å². The molecular formula is C10H16N4. The van der Waals surface area contributed by atoms with Gasteiger partial charge in [0.05, 0.1) is 0 Å². The van der Waals surface area contributed by atoms with E-state index in [2.05, 4.69) is 15.3 Å². The first-order valence-corrected chi connectivity index (χ1v) is 5.14. The summed E-state index contributed by atoms with van der Waals surface area (Å²) >= 11 is 0. The molecule has 1 aliphatic rings. The van der Waals surface area contributed by atoms with E-state index in [9.17, 15) is 0 Å². The van der Waals surface area contributed by atoms with Crippen molar-refractivity contribution in [3.05, 3.63) is 18.6 Å². The Balaban J connectivity index is 1.96. The number of hydrogen-bond donors (Lipinski definition) is 2. The van der Waals surface area contributed by atoms with Crippen molar-refractivity contribution in [1.29, 1.82) is 0 Å². The minimum absolute atomic E-state index is 0.263. The van der Waals surface area contributed by atoms with Gasteiger partial charge in [0.1, 0.15) is 12.1 Å². The Morgan fingerprint density at radius 1 is 1.36 bits per heavy atom. The summed E-state index contributed by atoms with van der Waals surface area (Å²) < 4.78 is 0. The van der Waals surface area contributed by atoms with E-state index in [0.717, 1.165) is 18.7 Å². The molecule has 1 aromatic rings. The van der Waals surface area contributed by atoms with Crippen LogP contribution in [0.4, 0.5) is 5.82 Å². The zero-order valence-electron chi connectivity index (χ0n) is 8.19. The van der Waals surface area contributed by atoms with E-state index in [1.807, 2.05) is 6.07 Å². The van der Waals surface area contributed by atoms with Gasteiger partial charge < -0.3 is 11.1 Å². The molecule has 0 bridgehead atoms. The van der Waals surface area contributed by atoms with Crippen LogP contribution in [-0.2, 0) is 0 Å². The highest BCUT2D eigenvalue weighted by Crippen LogP contribution is 2.19. The average molecular weight is 192 g/mol. The van der Waals surface area contributed by atoms with Gasteiger partial charge in [0.15, 0.2) is 0 Å². The number of rotatable bonds is 2. The molecule has 0 aliphatic heterocycles. The molecule has 4 heteroatoms. The molecule has 0 aromatic carbocycles. The third kappa shape index (κ3) is 2.20. The number of nitrogens with two attached hydrogens (primary N) is 1. The molecule has 0 amide bonds. The minimum Gasteiger partial charge on any atom is -0.366 e. The van der Waals surface area contributed by atoms with E-state index in [0.29, 0.717) is 6.04 Å². The lowest BCUT2D eigenvalue weighted by Gasteiger charge is -2.29. The molecule has 4 nitrogen and oxygen atoms in total. The van der Waals surface area contributed by atoms with Crippen molar-refractivity contribution >= 4 is 5.82 Å². The Morgan fingerprint density at radius 2 is 2.21 bits per heavy atom. The first kappa shape index (κ1) is 9.40. The van der Waals surface area contributed by atoms with Crippen LogP contribution in [-0.4, -0.2) is 22.1 Å². The van der Waals surface area contributed by atoms with Crippen LogP contribution in [0.1, 0.15) is 25.7 Å². The molecule has 0 radical (unpaired) electrons. The van der Waals surface area contributed by atoms with Crippen molar-refractivity contribution in [2.45, 2.75) is 37.8 Å². The fourth-order valence-corrected chi connectivity index (χ4v) is 1.90. The van der Waals surface area contributed by atoms with Gasteiger partial charge in [0, 0.05) is 18.3 Å². The average Bonchev–Trinajstić information content (AvgIpc) is 2.23. The Hall–Kier alpha value is -1.16. The molecule has 14 heavy (non-hydrogen) atoms. The lowest BCUT2D eigenvalue weighted by Crippen LogP contribution is -2.42. The molecule has 0 spiro atoms. The van der Waals surface area contributed by atoms with Crippen molar-refractivity contribution < 1.29 is 0 Å². The summed E-state index contributed by atoms with van der Waals surface area (Å²) in [5.74, 6) is 0.877. The molecule has 3 N–H and O–H groups in total. The molecule has 1 aliphatic carbocycles. The third-order valence-electron chi connectivity index (χ3n) is 2.73. The predicted octanol–water partition coefficient (Wildman–Crippen LogP) is 1.16. The summed E-state index contributed by atoms with van der Waals surface area (Å²) in [6, 6.07) is 2.51. The molecular weight excluding hydrogens is 176 g/mol. The molecule has 0 unspecified atom stereocenters. The van der Waals surface area contributed by atoms with Crippen LogP contribution >= 0.6 is 0 Å². The van der Waals surface area contributed by atoms with E-state index < -0.39 is 0 Å². The Morgan fingerprint density at radius 3 is 2.93 bits per heavy atom. The largest absolute Gasteiger partial charge is 0.366 e. The smallest absolute Gasteiger partial charge is 0.129 e. The second-order valence-electron chi connectivity index (χ2n) is 3.79. The van der Waals surface area contributed by atoms with Crippen molar-refractivity contribution in [2.75, 3.05) is 5.32 Å². The fraction of sp³-hybridized carbons (Fsp3) is 0.600. The Labute approximate surface area is 83.9 Å². The van der Waals surface area contributed by atoms with Gasteiger partial charge in [-0.25, -0.2) is 9.97 Å². The van der Waals surface area contributed by atoms with Crippen molar-refractivity contribution in [3.8, 4) is 0 Å². The SMILES string of the molecule is N[C@@H]1CCCC[C@H]1Nc1ccncn1. The zero-order chi connectivity index (χ0) is 9.80. The molecule has 1 heterocycles. The van der Waals surface area contributed by atoms with E-state index in [1.165, 1.54) is 12.8 Å². The van der Waals surface area contributed by atoms with E-state index >= 15 is 0 Å². The second-order valence-corrected chi connectivity index (χ2v) is 3.79. The second kappa shape index (κ2) is 4.37. The van der Waals surface area contributed by atoms with Crippen molar-refractivity contribution in [3.63, 3.8) is 0 Å².